The van der Waals surface area contributed by atoms with Crippen molar-refractivity contribution in [3.8, 4) is 23.0 Å². The van der Waals surface area contributed by atoms with Crippen molar-refractivity contribution in [1.82, 2.24) is 24.8 Å². The largest absolute Gasteiger partial charge is 0.444 e. The minimum absolute atomic E-state index is 0.00280. The summed E-state index contributed by atoms with van der Waals surface area (Å²) in [7, 11) is 0. The zero-order valence-electron chi connectivity index (χ0n) is 24.7. The molecule has 1 amide bonds. The van der Waals surface area contributed by atoms with Crippen LogP contribution in [0.5, 0.6) is 11.6 Å². The molecule has 2 aromatic heterocycles. The zero-order chi connectivity index (χ0) is 29.8. The van der Waals surface area contributed by atoms with E-state index < -0.39 is 5.60 Å². The van der Waals surface area contributed by atoms with Crippen LogP contribution < -0.4 is 10.1 Å². The Bertz CT molecular complexity index is 1630. The lowest BCUT2D eigenvalue weighted by molar-refractivity contribution is 0.0206. The van der Waals surface area contributed by atoms with Gasteiger partial charge in [-0.05, 0) is 69.0 Å². The van der Waals surface area contributed by atoms with E-state index in [2.05, 4.69) is 38.5 Å². The van der Waals surface area contributed by atoms with Gasteiger partial charge in [0.25, 0.3) is 0 Å². The van der Waals surface area contributed by atoms with E-state index in [9.17, 15) is 4.79 Å². The maximum atomic E-state index is 12.6. The fourth-order valence-electron chi connectivity index (χ4n) is 5.23. The molecule has 10 nitrogen and oxygen atoms in total. The third kappa shape index (κ3) is 7.14. The SMILES string of the molecule is CC(C)(C)OC(=O)N1CCC[C@H](Nc2nccc(-c3nccnc3Oc3ccc(CC4=Nc5ccccc5C4)cc3)n2)C1. The third-order valence-electron chi connectivity index (χ3n) is 7.18. The number of anilines is 1. The predicted octanol–water partition coefficient (Wildman–Crippen LogP) is 6.41. The smallest absolute Gasteiger partial charge is 0.410 e. The molecular formula is C33H35N7O3. The molecule has 1 atom stereocenters. The maximum Gasteiger partial charge on any atom is 0.410 e. The highest BCUT2D eigenvalue weighted by atomic mass is 16.6. The Morgan fingerprint density at radius 3 is 2.63 bits per heavy atom. The molecule has 0 saturated carbocycles. The summed E-state index contributed by atoms with van der Waals surface area (Å²) in [6.07, 6.45) is 8.01. The van der Waals surface area contributed by atoms with Gasteiger partial charge < -0.3 is 19.7 Å². The molecule has 2 aliphatic heterocycles. The second-order valence-electron chi connectivity index (χ2n) is 11.8. The molecule has 10 heteroatoms. The van der Waals surface area contributed by atoms with Crippen LogP contribution in [0.2, 0.25) is 0 Å². The van der Waals surface area contributed by atoms with E-state index in [0.29, 0.717) is 42.1 Å². The molecule has 0 bridgehead atoms. The number of rotatable bonds is 7. The van der Waals surface area contributed by atoms with Gasteiger partial charge in [-0.25, -0.2) is 24.7 Å². The first kappa shape index (κ1) is 28.3. The van der Waals surface area contributed by atoms with Gasteiger partial charge in [0.2, 0.25) is 11.8 Å². The van der Waals surface area contributed by atoms with Crippen molar-refractivity contribution in [3.05, 3.63) is 84.3 Å². The van der Waals surface area contributed by atoms with Crippen molar-refractivity contribution < 1.29 is 14.3 Å². The summed E-state index contributed by atoms with van der Waals surface area (Å²) >= 11 is 0. The molecule has 220 valence electrons. The highest BCUT2D eigenvalue weighted by molar-refractivity contribution is 5.95. The number of aromatic nitrogens is 4. The number of hydrogen-bond acceptors (Lipinski definition) is 9. The highest BCUT2D eigenvalue weighted by Crippen LogP contribution is 2.30. The van der Waals surface area contributed by atoms with E-state index in [0.717, 1.165) is 42.6 Å². The van der Waals surface area contributed by atoms with Crippen LogP contribution in [0.4, 0.5) is 16.4 Å². The van der Waals surface area contributed by atoms with E-state index in [1.54, 1.807) is 29.6 Å². The molecule has 0 unspecified atom stereocenters. The summed E-state index contributed by atoms with van der Waals surface area (Å²) in [6, 6.07) is 18.0. The van der Waals surface area contributed by atoms with E-state index in [1.807, 2.05) is 51.1 Å². The number of hydrogen-bond donors (Lipinski definition) is 1. The molecule has 0 spiro atoms. The average Bonchev–Trinajstić information content (AvgIpc) is 3.40. The highest BCUT2D eigenvalue weighted by Gasteiger charge is 2.28. The summed E-state index contributed by atoms with van der Waals surface area (Å²) in [6.45, 7) is 6.79. The van der Waals surface area contributed by atoms with Gasteiger partial charge in [0.1, 0.15) is 11.4 Å². The van der Waals surface area contributed by atoms with Crippen LogP contribution in [0.1, 0.15) is 44.7 Å². The van der Waals surface area contributed by atoms with Crippen molar-refractivity contribution in [2.24, 2.45) is 4.99 Å². The summed E-state index contributed by atoms with van der Waals surface area (Å²) < 4.78 is 11.7. The van der Waals surface area contributed by atoms with Crippen LogP contribution >= 0.6 is 0 Å². The van der Waals surface area contributed by atoms with Gasteiger partial charge in [-0.3, -0.25) is 4.99 Å². The molecule has 0 radical (unpaired) electrons. The summed E-state index contributed by atoms with van der Waals surface area (Å²) in [5.74, 6) is 1.45. The molecule has 1 N–H and O–H groups in total. The van der Waals surface area contributed by atoms with E-state index in [1.165, 1.54) is 5.56 Å². The van der Waals surface area contributed by atoms with E-state index in [4.69, 9.17) is 19.5 Å². The van der Waals surface area contributed by atoms with E-state index in [-0.39, 0.29) is 12.1 Å². The normalized spacial score (nSPS) is 16.3. The Morgan fingerprint density at radius 1 is 1.00 bits per heavy atom. The molecular weight excluding hydrogens is 542 g/mol. The number of benzene rings is 2. The number of aliphatic imine (C=N–C) groups is 1. The van der Waals surface area contributed by atoms with Crippen LogP contribution in [0.15, 0.2) is 78.2 Å². The molecule has 6 rings (SSSR count). The predicted molar refractivity (Wildman–Crippen MR) is 165 cm³/mol. The lowest BCUT2D eigenvalue weighted by Gasteiger charge is -2.34. The van der Waals surface area contributed by atoms with E-state index >= 15 is 0 Å². The maximum absolute atomic E-state index is 12.6. The Balaban J connectivity index is 1.11. The van der Waals surface area contributed by atoms with Crippen molar-refractivity contribution in [3.63, 3.8) is 0 Å². The first-order valence-corrected chi connectivity index (χ1v) is 14.6. The molecule has 1 saturated heterocycles. The Kier molecular flexibility index (Phi) is 8.00. The molecule has 0 aliphatic carbocycles. The summed E-state index contributed by atoms with van der Waals surface area (Å²) in [5, 5.41) is 3.38. The number of piperidine rings is 1. The summed E-state index contributed by atoms with van der Waals surface area (Å²) in [4.78, 5) is 37.2. The number of fused-ring (bicyclic) bond motifs is 1. The fourth-order valence-corrected chi connectivity index (χ4v) is 5.23. The van der Waals surface area contributed by atoms with Crippen LogP contribution in [-0.4, -0.2) is 61.4 Å². The monoisotopic (exact) mass is 577 g/mol. The van der Waals surface area contributed by atoms with Gasteiger partial charge in [-0.1, -0.05) is 30.3 Å². The summed E-state index contributed by atoms with van der Waals surface area (Å²) in [5.41, 5.74) is 5.22. The van der Waals surface area contributed by atoms with Gasteiger partial charge in [-0.15, -0.1) is 0 Å². The quantitative estimate of drug-likeness (QED) is 0.268. The van der Waals surface area contributed by atoms with Crippen LogP contribution in [0, 0.1) is 0 Å². The van der Waals surface area contributed by atoms with Gasteiger partial charge in [0.05, 0.1) is 11.4 Å². The number of likely N-dealkylation sites (tertiary alicyclic amines) is 1. The minimum Gasteiger partial charge on any atom is -0.444 e. The Labute approximate surface area is 251 Å². The van der Waals surface area contributed by atoms with Gasteiger partial charge in [0.15, 0.2) is 5.69 Å². The van der Waals surface area contributed by atoms with Gasteiger partial charge in [0, 0.05) is 56.3 Å². The molecule has 1 fully saturated rings. The second kappa shape index (κ2) is 12.2. The number of para-hydroxylation sites is 1. The number of nitrogens with zero attached hydrogens (tertiary/aromatic N) is 6. The first-order valence-electron chi connectivity index (χ1n) is 14.6. The van der Waals surface area contributed by atoms with Crippen molar-refractivity contribution in [2.45, 2.75) is 58.1 Å². The average molecular weight is 578 g/mol. The van der Waals surface area contributed by atoms with Crippen molar-refractivity contribution >= 4 is 23.4 Å². The molecule has 2 aromatic carbocycles. The van der Waals surface area contributed by atoms with Crippen LogP contribution in [-0.2, 0) is 17.6 Å². The molecule has 4 aromatic rings. The van der Waals surface area contributed by atoms with Gasteiger partial charge >= 0.3 is 6.09 Å². The lowest BCUT2D eigenvalue weighted by atomic mass is 10.0. The second-order valence-corrected chi connectivity index (χ2v) is 11.8. The Hall–Kier alpha value is -4.86. The number of carbonyl (C=O) groups is 1. The minimum atomic E-state index is -0.536. The van der Waals surface area contributed by atoms with Crippen LogP contribution in [0.3, 0.4) is 0 Å². The first-order chi connectivity index (χ1) is 20.8. The zero-order valence-corrected chi connectivity index (χ0v) is 24.7. The number of nitrogens with one attached hydrogen (secondary N) is 1. The standard InChI is InChI=1S/C33H35N7O3/c1-33(2,3)43-32(41)40-18-6-8-24(21-40)38-31-36-15-14-28(39-31)29-30(35-17-16-34-29)42-26-12-10-22(11-13-26)19-25-20-23-7-4-5-9-27(23)37-25/h4-5,7,9-17,24H,6,8,18-21H2,1-3H3,(H,36,38,39)/t24-/m0/s1. The lowest BCUT2D eigenvalue weighted by Crippen LogP contribution is -2.47. The van der Waals surface area contributed by atoms with Crippen molar-refractivity contribution in [1.29, 1.82) is 0 Å². The molecule has 2 aliphatic rings. The Morgan fingerprint density at radius 2 is 1.81 bits per heavy atom. The molecule has 43 heavy (non-hydrogen) atoms. The van der Waals surface area contributed by atoms with Gasteiger partial charge in [-0.2, -0.15) is 0 Å². The van der Waals surface area contributed by atoms with Crippen molar-refractivity contribution in [2.75, 3.05) is 18.4 Å². The number of amides is 1. The number of ether oxygens (including phenoxy) is 2. The topological polar surface area (TPSA) is 115 Å². The molecule has 4 heterocycles. The fraction of sp³-hybridized carbons (Fsp3) is 0.333. The number of carbonyl (C=O) groups excluding carboxylic acids is 1. The van der Waals surface area contributed by atoms with Crippen LogP contribution in [0.25, 0.3) is 11.4 Å². The third-order valence-corrected chi connectivity index (χ3v) is 7.18.